The van der Waals surface area contributed by atoms with Crippen molar-refractivity contribution in [2.45, 2.75) is 10.7 Å². The van der Waals surface area contributed by atoms with E-state index >= 15 is 0 Å². The van der Waals surface area contributed by atoms with E-state index in [0.29, 0.717) is 29.1 Å². The first-order chi connectivity index (χ1) is 14.4. The summed E-state index contributed by atoms with van der Waals surface area (Å²) in [5.41, 5.74) is 1.42. The molecule has 0 aromatic heterocycles. The van der Waals surface area contributed by atoms with Crippen LogP contribution in [0.25, 0.3) is 0 Å². The van der Waals surface area contributed by atoms with E-state index in [0.717, 1.165) is 0 Å². The first-order valence-corrected chi connectivity index (χ1v) is 10.9. The van der Waals surface area contributed by atoms with Crippen LogP contribution in [0, 0.1) is 0 Å². The van der Waals surface area contributed by atoms with Gasteiger partial charge in [0.15, 0.2) is 0 Å². The number of nitrogens with zero attached hydrogens (tertiary/aromatic N) is 2. The molecule has 158 valence electrons. The molecule has 1 unspecified atom stereocenters. The van der Waals surface area contributed by atoms with E-state index in [4.69, 9.17) is 9.47 Å². The molecule has 0 spiro atoms. The van der Waals surface area contributed by atoms with Crippen LogP contribution in [0.3, 0.4) is 0 Å². The molecule has 1 heterocycles. The minimum atomic E-state index is -4.02. The van der Waals surface area contributed by atoms with Crippen LogP contribution in [-0.2, 0) is 20.5 Å². The number of sulfonamides is 1. The maximum Gasteiger partial charge on any atom is 0.282 e. The van der Waals surface area contributed by atoms with Gasteiger partial charge in [-0.1, -0.05) is 24.3 Å². The Balaban J connectivity index is 1.85. The van der Waals surface area contributed by atoms with E-state index in [1.165, 1.54) is 25.3 Å². The van der Waals surface area contributed by atoms with Crippen LogP contribution in [0.4, 0.5) is 0 Å². The van der Waals surface area contributed by atoms with Gasteiger partial charge in [-0.15, -0.1) is 0 Å². The number of ether oxygens (including phenoxy) is 2. The second-order valence-electron chi connectivity index (χ2n) is 6.91. The van der Waals surface area contributed by atoms with Crippen LogP contribution < -0.4 is 4.74 Å². The molecule has 1 atom stereocenters. The third kappa shape index (κ3) is 3.50. The molecule has 9 heteroatoms. The average Bonchev–Trinajstić information content (AvgIpc) is 2.75. The summed E-state index contributed by atoms with van der Waals surface area (Å²) < 4.78 is 40.8. The Morgan fingerprint density at radius 2 is 1.93 bits per heavy atom. The molecule has 2 aromatic carbocycles. The second-order valence-corrected chi connectivity index (χ2v) is 8.51. The highest BCUT2D eigenvalue weighted by Crippen LogP contribution is 2.41. The third-order valence-corrected chi connectivity index (χ3v) is 6.45. The predicted octanol–water partition coefficient (Wildman–Crippen LogP) is 1.24. The van der Waals surface area contributed by atoms with Gasteiger partial charge in [-0.3, -0.25) is 0 Å². The number of aliphatic hydroxyl groups is 2. The number of methoxy groups -OCH3 is 1. The number of rotatable bonds is 5. The molecular formula is C21H22N2O6S. The number of allylic oxidation sites excluding steroid dienone is 1. The second kappa shape index (κ2) is 7.84. The zero-order chi connectivity index (χ0) is 21.4. The summed E-state index contributed by atoms with van der Waals surface area (Å²) in [5, 5.41) is 20.7. The Morgan fingerprint density at radius 3 is 2.63 bits per heavy atom. The molecule has 1 fully saturated rings. The van der Waals surface area contributed by atoms with Crippen molar-refractivity contribution in [2.24, 2.45) is 4.40 Å². The van der Waals surface area contributed by atoms with Crippen LogP contribution in [0.15, 0.2) is 69.6 Å². The van der Waals surface area contributed by atoms with Crippen LogP contribution >= 0.6 is 0 Å². The highest BCUT2D eigenvalue weighted by molar-refractivity contribution is 7.90. The van der Waals surface area contributed by atoms with Crippen molar-refractivity contribution in [3.8, 4) is 5.75 Å². The van der Waals surface area contributed by atoms with Crippen molar-refractivity contribution in [1.82, 2.24) is 4.90 Å². The molecule has 0 amide bonds. The molecule has 0 radical (unpaired) electrons. The fourth-order valence-corrected chi connectivity index (χ4v) is 4.68. The summed E-state index contributed by atoms with van der Waals surface area (Å²) in [6.45, 7) is 0.873. The van der Waals surface area contributed by atoms with Crippen LogP contribution in [0.2, 0.25) is 0 Å². The molecule has 1 aliphatic heterocycles. The van der Waals surface area contributed by atoms with Gasteiger partial charge in [0, 0.05) is 24.2 Å². The number of hydrogen-bond donors (Lipinski definition) is 2. The molecule has 30 heavy (non-hydrogen) atoms. The lowest BCUT2D eigenvalue weighted by atomic mass is 9.86. The molecule has 2 aliphatic rings. The molecular weight excluding hydrogens is 408 g/mol. The fraction of sp³-hybridized carbons (Fsp3) is 0.286. The summed E-state index contributed by atoms with van der Waals surface area (Å²) >= 11 is 0. The lowest BCUT2D eigenvalue weighted by molar-refractivity contribution is -0.219. The summed E-state index contributed by atoms with van der Waals surface area (Å²) in [7, 11) is -2.52. The van der Waals surface area contributed by atoms with Crippen molar-refractivity contribution in [1.29, 1.82) is 0 Å². The average molecular weight is 430 g/mol. The lowest BCUT2D eigenvalue weighted by Gasteiger charge is -2.45. The molecule has 8 nitrogen and oxygen atoms in total. The van der Waals surface area contributed by atoms with Crippen molar-refractivity contribution in [2.75, 3.05) is 33.4 Å². The summed E-state index contributed by atoms with van der Waals surface area (Å²) in [6.07, 6.45) is 1.51. The van der Waals surface area contributed by atoms with Crippen LogP contribution in [0.5, 0.6) is 5.75 Å². The highest BCUT2D eigenvalue weighted by Gasteiger charge is 2.46. The number of β-amino-alcohol motifs (C(OH)–C–C–N with tert-alkyl or cyclic N) is 1. The zero-order valence-electron chi connectivity index (χ0n) is 16.4. The maximum absolute atomic E-state index is 13.0. The van der Waals surface area contributed by atoms with Gasteiger partial charge < -0.3 is 24.6 Å². The quantitative estimate of drug-likeness (QED) is 0.735. The van der Waals surface area contributed by atoms with Crippen molar-refractivity contribution >= 4 is 15.7 Å². The highest BCUT2D eigenvalue weighted by atomic mass is 32.2. The largest absolute Gasteiger partial charge is 0.497 e. The standard InChI is InChI=1S/C21H22N2O6S/c1-28-15-6-8-16(9-7-15)30(26,27)22-19-14-20-21(25,18-5-3-2-4-17(18)19)29-13-11-23(20)10-12-24/h2-9,14,24-25H,10-13H2,1H3. The van der Waals surface area contributed by atoms with E-state index in [1.807, 2.05) is 0 Å². The van der Waals surface area contributed by atoms with Crippen LogP contribution in [0.1, 0.15) is 11.1 Å². The van der Waals surface area contributed by atoms with Gasteiger partial charge in [0.2, 0.25) is 5.79 Å². The van der Waals surface area contributed by atoms with E-state index in [-0.39, 0.29) is 30.4 Å². The van der Waals surface area contributed by atoms with Gasteiger partial charge in [0.05, 0.1) is 36.6 Å². The monoisotopic (exact) mass is 430 g/mol. The molecule has 0 saturated carbocycles. The van der Waals surface area contributed by atoms with E-state index in [1.54, 1.807) is 41.3 Å². The predicted molar refractivity (Wildman–Crippen MR) is 110 cm³/mol. The third-order valence-electron chi connectivity index (χ3n) is 5.15. The van der Waals surface area contributed by atoms with Gasteiger partial charge in [0.25, 0.3) is 10.0 Å². The van der Waals surface area contributed by atoms with Crippen molar-refractivity contribution in [3.05, 3.63) is 71.4 Å². The molecule has 2 N–H and O–H groups in total. The molecule has 1 saturated heterocycles. The summed E-state index contributed by atoms with van der Waals surface area (Å²) in [4.78, 5) is 1.80. The molecule has 2 aromatic rings. The molecule has 1 aliphatic carbocycles. The first kappa shape index (κ1) is 20.5. The summed E-state index contributed by atoms with van der Waals surface area (Å²) in [5.74, 6) is -1.19. The van der Waals surface area contributed by atoms with Gasteiger partial charge in [0.1, 0.15) is 5.75 Å². The van der Waals surface area contributed by atoms with Gasteiger partial charge in [-0.25, -0.2) is 0 Å². The molecule has 0 bridgehead atoms. The number of hydrogen-bond acceptors (Lipinski definition) is 7. The Morgan fingerprint density at radius 1 is 1.20 bits per heavy atom. The SMILES string of the molecule is COc1ccc(S(=O)(=O)N=C2C=C3N(CCO)CCOC3(O)c3ccccc32)cc1. The number of fused-ring (bicyclic) bond motifs is 3. The lowest BCUT2D eigenvalue weighted by Crippen LogP contribution is -2.50. The van der Waals surface area contributed by atoms with Gasteiger partial charge >= 0.3 is 0 Å². The van der Waals surface area contributed by atoms with Gasteiger partial charge in [-0.2, -0.15) is 12.8 Å². The summed E-state index contributed by atoms with van der Waals surface area (Å²) in [6, 6.07) is 12.8. The Labute approximate surface area is 174 Å². The Hall–Kier alpha value is -2.72. The number of aliphatic hydroxyl groups excluding tert-OH is 1. The minimum Gasteiger partial charge on any atom is -0.497 e. The van der Waals surface area contributed by atoms with Crippen molar-refractivity contribution in [3.63, 3.8) is 0 Å². The normalized spacial score (nSPS) is 22.3. The Kier molecular flexibility index (Phi) is 5.37. The Bertz CT molecular complexity index is 1110. The first-order valence-electron chi connectivity index (χ1n) is 9.42. The number of benzene rings is 2. The fourth-order valence-electron chi connectivity index (χ4n) is 3.68. The van der Waals surface area contributed by atoms with E-state index in [9.17, 15) is 18.6 Å². The smallest absolute Gasteiger partial charge is 0.282 e. The van der Waals surface area contributed by atoms with Crippen LogP contribution in [-0.4, -0.2) is 62.7 Å². The van der Waals surface area contributed by atoms with Crippen molar-refractivity contribution < 1.29 is 28.1 Å². The zero-order valence-corrected chi connectivity index (χ0v) is 17.2. The number of morpholine rings is 1. The minimum absolute atomic E-state index is 0.0274. The topological polar surface area (TPSA) is 109 Å². The maximum atomic E-state index is 13.0. The van der Waals surface area contributed by atoms with E-state index in [2.05, 4.69) is 4.40 Å². The molecule has 4 rings (SSSR count). The van der Waals surface area contributed by atoms with E-state index < -0.39 is 15.8 Å². The van der Waals surface area contributed by atoms with Gasteiger partial charge in [-0.05, 0) is 30.3 Å².